The number of benzene rings is 2. The predicted octanol–water partition coefficient (Wildman–Crippen LogP) is 2.51. The summed E-state index contributed by atoms with van der Waals surface area (Å²) in [6.07, 6.45) is -2.32. The standard InChI is InChI=1S/C18H19N3O6S/c1-11-9-20(17(22)23)16-8-14(6-7-15(16)21(11)18(24)25)13-4-2-12(3-5-13)10-28(19,26)27/h2-8,11H,9-10H2,1H3,(H,22,23)(H,24,25)(H2,19,26,27)/t11-/m0/s1. The highest BCUT2D eigenvalue weighted by atomic mass is 32.2. The normalized spacial score (nSPS) is 16.6. The Morgan fingerprint density at radius 3 is 2.18 bits per heavy atom. The zero-order chi connectivity index (χ0) is 20.6. The number of amides is 2. The first kappa shape index (κ1) is 19.6. The van der Waals surface area contributed by atoms with Gasteiger partial charge in [0.15, 0.2) is 0 Å². The number of nitrogens with two attached hydrogens (primary N) is 1. The van der Waals surface area contributed by atoms with E-state index in [0.29, 0.717) is 16.8 Å². The molecule has 28 heavy (non-hydrogen) atoms. The van der Waals surface area contributed by atoms with Crippen LogP contribution in [0.2, 0.25) is 0 Å². The number of rotatable bonds is 3. The van der Waals surface area contributed by atoms with Gasteiger partial charge in [0.25, 0.3) is 0 Å². The van der Waals surface area contributed by atoms with E-state index in [4.69, 9.17) is 5.14 Å². The zero-order valence-corrected chi connectivity index (χ0v) is 15.8. The van der Waals surface area contributed by atoms with E-state index in [2.05, 4.69) is 0 Å². The quantitative estimate of drug-likeness (QED) is 0.716. The van der Waals surface area contributed by atoms with E-state index in [1.165, 1.54) is 0 Å². The molecule has 0 saturated heterocycles. The second-order valence-electron chi connectivity index (χ2n) is 6.60. The maximum absolute atomic E-state index is 11.7. The fraction of sp³-hybridized carbons (Fsp3) is 0.222. The van der Waals surface area contributed by atoms with Crippen LogP contribution < -0.4 is 14.9 Å². The molecule has 10 heteroatoms. The molecule has 1 aliphatic heterocycles. The highest BCUT2D eigenvalue weighted by Crippen LogP contribution is 2.38. The van der Waals surface area contributed by atoms with Gasteiger partial charge in [-0.15, -0.1) is 0 Å². The highest BCUT2D eigenvalue weighted by molar-refractivity contribution is 7.88. The lowest BCUT2D eigenvalue weighted by Gasteiger charge is -2.38. The average molecular weight is 405 g/mol. The molecule has 0 aliphatic carbocycles. The number of carbonyl (C=O) groups is 2. The van der Waals surface area contributed by atoms with Gasteiger partial charge in [-0.1, -0.05) is 30.3 Å². The number of hydrogen-bond acceptors (Lipinski definition) is 4. The Bertz CT molecular complexity index is 1040. The molecular formula is C18H19N3O6S. The van der Waals surface area contributed by atoms with Gasteiger partial charge in [-0.05, 0) is 35.7 Å². The van der Waals surface area contributed by atoms with Gasteiger partial charge in [-0.25, -0.2) is 23.1 Å². The third-order valence-electron chi connectivity index (χ3n) is 4.51. The largest absolute Gasteiger partial charge is 0.465 e. The SMILES string of the molecule is C[C@H]1CN(C(=O)O)c2cc(-c3ccc(CS(N)(=O)=O)cc3)ccc2N1C(=O)O. The molecule has 2 aromatic rings. The van der Waals surface area contributed by atoms with Crippen molar-refractivity contribution >= 4 is 33.6 Å². The van der Waals surface area contributed by atoms with Crippen LogP contribution in [0.15, 0.2) is 42.5 Å². The summed E-state index contributed by atoms with van der Waals surface area (Å²) in [5.74, 6) is -0.282. The van der Waals surface area contributed by atoms with Crippen molar-refractivity contribution in [3.8, 4) is 11.1 Å². The van der Waals surface area contributed by atoms with Crippen molar-refractivity contribution in [3.63, 3.8) is 0 Å². The van der Waals surface area contributed by atoms with E-state index in [1.807, 2.05) is 0 Å². The van der Waals surface area contributed by atoms with E-state index >= 15 is 0 Å². The molecule has 4 N–H and O–H groups in total. The second kappa shape index (κ2) is 7.13. The monoisotopic (exact) mass is 405 g/mol. The number of fused-ring (bicyclic) bond motifs is 1. The second-order valence-corrected chi connectivity index (χ2v) is 8.22. The summed E-state index contributed by atoms with van der Waals surface area (Å²) in [5.41, 5.74) is 2.50. The fourth-order valence-corrected chi connectivity index (χ4v) is 3.96. The van der Waals surface area contributed by atoms with Crippen LogP contribution in [0.3, 0.4) is 0 Å². The fourth-order valence-electron chi connectivity index (χ4n) is 3.30. The van der Waals surface area contributed by atoms with Crippen molar-refractivity contribution in [2.24, 2.45) is 5.14 Å². The molecule has 1 heterocycles. The molecule has 0 aromatic heterocycles. The minimum absolute atomic E-state index is 0.0192. The third-order valence-corrected chi connectivity index (χ3v) is 5.24. The lowest BCUT2D eigenvalue weighted by molar-refractivity contribution is 0.194. The van der Waals surface area contributed by atoms with E-state index < -0.39 is 28.3 Å². The molecule has 9 nitrogen and oxygen atoms in total. The molecule has 3 rings (SSSR count). The van der Waals surface area contributed by atoms with E-state index in [9.17, 15) is 28.2 Å². The Morgan fingerprint density at radius 1 is 1.04 bits per heavy atom. The molecule has 148 valence electrons. The van der Waals surface area contributed by atoms with Crippen LogP contribution in [0.4, 0.5) is 21.0 Å². The van der Waals surface area contributed by atoms with Gasteiger partial charge in [0.1, 0.15) is 0 Å². The topological polar surface area (TPSA) is 141 Å². The van der Waals surface area contributed by atoms with Crippen LogP contribution in [-0.4, -0.2) is 43.4 Å². The van der Waals surface area contributed by atoms with E-state index in [0.717, 1.165) is 15.4 Å². The molecule has 0 spiro atoms. The molecule has 2 aromatic carbocycles. The molecule has 1 aliphatic rings. The van der Waals surface area contributed by atoms with Crippen molar-refractivity contribution in [2.75, 3.05) is 16.3 Å². The van der Waals surface area contributed by atoms with Crippen molar-refractivity contribution in [1.29, 1.82) is 0 Å². The number of anilines is 2. The first-order chi connectivity index (χ1) is 13.1. The smallest absolute Gasteiger partial charge is 0.412 e. The maximum atomic E-state index is 11.7. The Hall–Kier alpha value is -3.11. The first-order valence-corrected chi connectivity index (χ1v) is 10.0. The molecule has 0 bridgehead atoms. The number of hydrogen-bond donors (Lipinski definition) is 3. The van der Waals surface area contributed by atoms with E-state index in [1.54, 1.807) is 49.4 Å². The molecule has 1 atom stereocenters. The van der Waals surface area contributed by atoms with Gasteiger partial charge in [0, 0.05) is 0 Å². The highest BCUT2D eigenvalue weighted by Gasteiger charge is 2.35. The lowest BCUT2D eigenvalue weighted by Crippen LogP contribution is -2.51. The van der Waals surface area contributed by atoms with E-state index in [-0.39, 0.29) is 18.0 Å². The number of primary sulfonamides is 1. The molecule has 0 radical (unpaired) electrons. The molecule has 0 unspecified atom stereocenters. The van der Waals surface area contributed by atoms with Crippen LogP contribution >= 0.6 is 0 Å². The van der Waals surface area contributed by atoms with Crippen LogP contribution in [0, 0.1) is 0 Å². The van der Waals surface area contributed by atoms with Crippen molar-refractivity contribution in [2.45, 2.75) is 18.7 Å². The van der Waals surface area contributed by atoms with Crippen molar-refractivity contribution in [3.05, 3.63) is 48.0 Å². The molecular weight excluding hydrogens is 386 g/mol. The summed E-state index contributed by atoms with van der Waals surface area (Å²) in [4.78, 5) is 25.5. The maximum Gasteiger partial charge on any atom is 0.412 e. The summed E-state index contributed by atoms with van der Waals surface area (Å²) in [7, 11) is -3.64. The van der Waals surface area contributed by atoms with Gasteiger partial charge >= 0.3 is 12.2 Å². The van der Waals surface area contributed by atoms with Crippen LogP contribution in [0.1, 0.15) is 12.5 Å². The predicted molar refractivity (Wildman–Crippen MR) is 104 cm³/mol. The van der Waals surface area contributed by atoms with Gasteiger partial charge in [0.05, 0.1) is 29.7 Å². The Morgan fingerprint density at radius 2 is 1.64 bits per heavy atom. The van der Waals surface area contributed by atoms with Crippen molar-refractivity contribution in [1.82, 2.24) is 0 Å². The van der Waals surface area contributed by atoms with Gasteiger partial charge in [-0.3, -0.25) is 9.80 Å². The first-order valence-electron chi connectivity index (χ1n) is 8.33. The summed E-state index contributed by atoms with van der Waals surface area (Å²) in [6, 6.07) is 11.0. The van der Waals surface area contributed by atoms with Gasteiger partial charge in [0.2, 0.25) is 10.0 Å². The minimum atomic E-state index is -3.64. The Balaban J connectivity index is 2.02. The summed E-state index contributed by atoms with van der Waals surface area (Å²) < 4.78 is 22.4. The Kier molecular flexibility index (Phi) is 5.01. The molecule has 0 saturated carbocycles. The number of nitrogens with zero attached hydrogens (tertiary/aromatic N) is 2. The number of carboxylic acid groups (broad SMARTS) is 2. The Labute approximate surface area is 161 Å². The number of sulfonamides is 1. The van der Waals surface area contributed by atoms with Gasteiger partial charge in [-0.2, -0.15) is 0 Å². The van der Waals surface area contributed by atoms with Crippen LogP contribution in [-0.2, 0) is 15.8 Å². The van der Waals surface area contributed by atoms with Gasteiger partial charge < -0.3 is 10.2 Å². The van der Waals surface area contributed by atoms with Crippen LogP contribution in [0.5, 0.6) is 0 Å². The summed E-state index contributed by atoms with van der Waals surface area (Å²) in [6.45, 7) is 1.66. The molecule has 0 fully saturated rings. The summed E-state index contributed by atoms with van der Waals surface area (Å²) >= 11 is 0. The van der Waals surface area contributed by atoms with Crippen molar-refractivity contribution < 1.29 is 28.2 Å². The minimum Gasteiger partial charge on any atom is -0.465 e. The molecule has 2 amide bonds. The third kappa shape index (κ3) is 3.92. The average Bonchev–Trinajstić information content (AvgIpc) is 2.59. The summed E-state index contributed by atoms with van der Waals surface area (Å²) in [5, 5.41) is 24.1. The van der Waals surface area contributed by atoms with Crippen LogP contribution in [0.25, 0.3) is 11.1 Å². The zero-order valence-electron chi connectivity index (χ0n) is 14.9. The lowest BCUT2D eigenvalue weighted by atomic mass is 10.0.